The van der Waals surface area contributed by atoms with E-state index in [2.05, 4.69) is 15.3 Å². The molecule has 1 heterocycles. The van der Waals surface area contributed by atoms with Gasteiger partial charge in [0.05, 0.1) is 6.61 Å². The summed E-state index contributed by atoms with van der Waals surface area (Å²) in [5.41, 5.74) is 0. The third-order valence-corrected chi connectivity index (χ3v) is 1.91. The topological polar surface area (TPSA) is 56.3 Å². The second-order valence-corrected chi connectivity index (χ2v) is 3.15. The molecule has 16 heavy (non-hydrogen) atoms. The fraction of sp³-hybridized carbons (Fsp3) is 0.636. The Balaban J connectivity index is 2.27. The molecule has 0 saturated carbocycles. The van der Waals surface area contributed by atoms with Gasteiger partial charge in [-0.1, -0.05) is 0 Å². The zero-order valence-corrected chi connectivity index (χ0v) is 9.90. The van der Waals surface area contributed by atoms with E-state index in [0.717, 1.165) is 32.0 Å². The van der Waals surface area contributed by atoms with Crippen LogP contribution in [-0.4, -0.2) is 36.3 Å². The molecule has 0 spiro atoms. The van der Waals surface area contributed by atoms with Crippen molar-refractivity contribution in [1.82, 2.24) is 9.97 Å². The van der Waals surface area contributed by atoms with Crippen LogP contribution in [0.15, 0.2) is 12.4 Å². The number of anilines is 1. The number of ether oxygens (including phenoxy) is 2. The van der Waals surface area contributed by atoms with Crippen molar-refractivity contribution >= 4 is 5.82 Å². The Labute approximate surface area is 96.2 Å². The van der Waals surface area contributed by atoms with Crippen molar-refractivity contribution in [3.63, 3.8) is 0 Å². The van der Waals surface area contributed by atoms with Crippen molar-refractivity contribution in [2.24, 2.45) is 0 Å². The smallest absolute Gasteiger partial charge is 0.218 e. The van der Waals surface area contributed by atoms with Crippen LogP contribution < -0.4 is 10.1 Å². The molecular formula is C11H19N3O2. The summed E-state index contributed by atoms with van der Waals surface area (Å²) in [6, 6.07) is 1.80. The second kappa shape index (κ2) is 7.87. The Morgan fingerprint density at radius 3 is 2.88 bits per heavy atom. The molecule has 1 rings (SSSR count). The van der Waals surface area contributed by atoms with E-state index in [1.54, 1.807) is 6.07 Å². The molecule has 0 aromatic carbocycles. The minimum absolute atomic E-state index is 0.602. The summed E-state index contributed by atoms with van der Waals surface area (Å²) in [6.07, 6.45) is 2.46. The summed E-state index contributed by atoms with van der Waals surface area (Å²) in [7, 11) is 0. The molecule has 0 saturated heterocycles. The molecule has 1 aromatic rings. The van der Waals surface area contributed by atoms with Crippen molar-refractivity contribution in [2.45, 2.75) is 20.3 Å². The minimum atomic E-state index is 0.602. The number of aromatic nitrogens is 2. The second-order valence-electron chi connectivity index (χ2n) is 3.15. The average Bonchev–Trinajstić information content (AvgIpc) is 2.30. The highest BCUT2D eigenvalue weighted by Gasteiger charge is 1.97. The van der Waals surface area contributed by atoms with Gasteiger partial charge >= 0.3 is 0 Å². The van der Waals surface area contributed by atoms with Crippen molar-refractivity contribution in [3.05, 3.63) is 12.4 Å². The van der Waals surface area contributed by atoms with Crippen LogP contribution in [-0.2, 0) is 4.74 Å². The predicted octanol–water partition coefficient (Wildman–Crippen LogP) is 1.71. The van der Waals surface area contributed by atoms with E-state index >= 15 is 0 Å². The lowest BCUT2D eigenvalue weighted by Crippen LogP contribution is -2.07. The predicted molar refractivity (Wildman–Crippen MR) is 62.8 cm³/mol. The van der Waals surface area contributed by atoms with Crippen LogP contribution in [0, 0.1) is 0 Å². The molecule has 0 aliphatic rings. The van der Waals surface area contributed by atoms with Crippen LogP contribution in [0.3, 0.4) is 0 Å². The molecule has 0 amide bonds. The van der Waals surface area contributed by atoms with E-state index < -0.39 is 0 Å². The average molecular weight is 225 g/mol. The molecule has 0 atom stereocenters. The molecule has 5 nitrogen and oxygen atoms in total. The van der Waals surface area contributed by atoms with Crippen molar-refractivity contribution in [1.29, 1.82) is 0 Å². The van der Waals surface area contributed by atoms with Crippen LogP contribution in [0.5, 0.6) is 5.88 Å². The first-order chi connectivity index (χ1) is 7.86. The van der Waals surface area contributed by atoms with Crippen molar-refractivity contribution in [3.8, 4) is 5.88 Å². The third-order valence-electron chi connectivity index (χ3n) is 1.91. The lowest BCUT2D eigenvalue weighted by atomic mass is 10.4. The van der Waals surface area contributed by atoms with Crippen LogP contribution >= 0.6 is 0 Å². The summed E-state index contributed by atoms with van der Waals surface area (Å²) < 4.78 is 10.5. The summed E-state index contributed by atoms with van der Waals surface area (Å²) in [4.78, 5) is 8.09. The SMILES string of the molecule is CCOCCCNc1cc(OCC)ncn1. The van der Waals surface area contributed by atoms with Gasteiger partial charge in [-0.25, -0.2) is 9.97 Å². The van der Waals surface area contributed by atoms with Crippen molar-refractivity contribution in [2.75, 3.05) is 31.7 Å². The van der Waals surface area contributed by atoms with Crippen LogP contribution in [0.2, 0.25) is 0 Å². The van der Waals surface area contributed by atoms with Gasteiger partial charge in [-0.3, -0.25) is 0 Å². The number of hydrogen-bond acceptors (Lipinski definition) is 5. The Kier molecular flexibility index (Phi) is 6.25. The monoisotopic (exact) mass is 225 g/mol. The quantitative estimate of drug-likeness (QED) is 0.683. The zero-order chi connectivity index (χ0) is 11.6. The highest BCUT2D eigenvalue weighted by Crippen LogP contribution is 2.10. The number of rotatable bonds is 8. The number of nitrogens with one attached hydrogen (secondary N) is 1. The first kappa shape index (κ1) is 12.7. The van der Waals surface area contributed by atoms with E-state index in [4.69, 9.17) is 9.47 Å². The molecule has 0 radical (unpaired) electrons. The maximum atomic E-state index is 5.28. The van der Waals surface area contributed by atoms with Crippen molar-refractivity contribution < 1.29 is 9.47 Å². The molecular weight excluding hydrogens is 206 g/mol. The van der Waals surface area contributed by atoms with Gasteiger partial charge in [-0.05, 0) is 20.3 Å². The maximum absolute atomic E-state index is 5.28. The summed E-state index contributed by atoms with van der Waals surface area (Å²) >= 11 is 0. The van der Waals surface area contributed by atoms with Gasteiger partial charge in [0.25, 0.3) is 0 Å². The molecule has 0 aliphatic heterocycles. The van der Waals surface area contributed by atoms with E-state index in [1.165, 1.54) is 6.33 Å². The first-order valence-electron chi connectivity index (χ1n) is 5.63. The fourth-order valence-electron chi connectivity index (χ4n) is 1.20. The van der Waals surface area contributed by atoms with E-state index in [1.807, 2.05) is 13.8 Å². The van der Waals surface area contributed by atoms with E-state index in [0.29, 0.717) is 12.5 Å². The van der Waals surface area contributed by atoms with Gasteiger partial charge in [-0.15, -0.1) is 0 Å². The largest absolute Gasteiger partial charge is 0.478 e. The Bertz CT molecular complexity index is 294. The third kappa shape index (κ3) is 4.93. The summed E-state index contributed by atoms with van der Waals surface area (Å²) in [6.45, 7) is 6.90. The van der Waals surface area contributed by atoms with E-state index in [-0.39, 0.29) is 0 Å². The molecule has 90 valence electrons. The zero-order valence-electron chi connectivity index (χ0n) is 9.90. The molecule has 1 N–H and O–H groups in total. The standard InChI is InChI=1S/C11H19N3O2/c1-3-15-7-5-6-12-10-8-11(16-4-2)14-9-13-10/h8-9H,3-7H2,1-2H3,(H,12,13,14). The molecule has 0 unspecified atom stereocenters. The molecule has 0 fully saturated rings. The first-order valence-corrected chi connectivity index (χ1v) is 5.63. The lowest BCUT2D eigenvalue weighted by molar-refractivity contribution is 0.147. The van der Waals surface area contributed by atoms with E-state index in [9.17, 15) is 0 Å². The summed E-state index contributed by atoms with van der Waals surface area (Å²) in [5.74, 6) is 1.39. The fourth-order valence-corrected chi connectivity index (χ4v) is 1.20. The van der Waals surface area contributed by atoms with Gasteiger partial charge < -0.3 is 14.8 Å². The molecule has 5 heteroatoms. The molecule has 0 bridgehead atoms. The van der Waals surface area contributed by atoms with Gasteiger partial charge in [-0.2, -0.15) is 0 Å². The van der Waals surface area contributed by atoms with Crippen LogP contribution in [0.25, 0.3) is 0 Å². The van der Waals surface area contributed by atoms with Gasteiger partial charge in [0.1, 0.15) is 12.1 Å². The van der Waals surface area contributed by atoms with Gasteiger partial charge in [0, 0.05) is 25.8 Å². The molecule has 1 aromatic heterocycles. The minimum Gasteiger partial charge on any atom is -0.478 e. The number of hydrogen-bond donors (Lipinski definition) is 1. The van der Waals surface area contributed by atoms with Crippen LogP contribution in [0.4, 0.5) is 5.82 Å². The van der Waals surface area contributed by atoms with Gasteiger partial charge in [0.2, 0.25) is 5.88 Å². The Hall–Kier alpha value is -1.36. The Morgan fingerprint density at radius 2 is 2.12 bits per heavy atom. The highest BCUT2D eigenvalue weighted by atomic mass is 16.5. The highest BCUT2D eigenvalue weighted by molar-refractivity contribution is 5.36. The Morgan fingerprint density at radius 1 is 1.25 bits per heavy atom. The normalized spacial score (nSPS) is 10.1. The maximum Gasteiger partial charge on any atom is 0.218 e. The summed E-state index contributed by atoms with van der Waals surface area (Å²) in [5, 5.41) is 3.19. The van der Waals surface area contributed by atoms with Crippen LogP contribution in [0.1, 0.15) is 20.3 Å². The van der Waals surface area contributed by atoms with Gasteiger partial charge in [0.15, 0.2) is 0 Å². The lowest BCUT2D eigenvalue weighted by Gasteiger charge is -2.06. The number of nitrogens with zero attached hydrogens (tertiary/aromatic N) is 2. The molecule has 0 aliphatic carbocycles.